The first-order valence-electron chi connectivity index (χ1n) is 8.26. The molecule has 0 aliphatic carbocycles. The van der Waals surface area contributed by atoms with Crippen LogP contribution in [-0.2, 0) is 4.79 Å². The largest absolute Gasteiger partial charge is 0.388 e. The third-order valence-corrected chi connectivity index (χ3v) is 4.78. The van der Waals surface area contributed by atoms with Crippen LogP contribution in [-0.4, -0.2) is 39.7 Å². The van der Waals surface area contributed by atoms with Crippen LogP contribution in [0.4, 0.5) is 0 Å². The second-order valence-electron chi connectivity index (χ2n) is 6.32. The van der Waals surface area contributed by atoms with Gasteiger partial charge in [0.2, 0.25) is 0 Å². The van der Waals surface area contributed by atoms with E-state index in [0.717, 1.165) is 24.8 Å². The van der Waals surface area contributed by atoms with Gasteiger partial charge in [-0.3, -0.25) is 4.79 Å². The maximum absolute atomic E-state index is 12.5. The molecule has 0 saturated carbocycles. The highest BCUT2D eigenvalue weighted by molar-refractivity contribution is 5.81. The Labute approximate surface area is 132 Å². The Morgan fingerprint density at radius 3 is 2.64 bits per heavy atom. The number of rotatable bonds is 6. The molecule has 122 valence electrons. The molecule has 2 N–H and O–H groups in total. The van der Waals surface area contributed by atoms with E-state index in [1.807, 2.05) is 44.2 Å². The molecule has 0 bridgehead atoms. The Bertz CT molecular complexity index is 476. The first-order chi connectivity index (χ1) is 10.5. The SMILES string of the molecule is CCC(C)C(O)C(=O)N1CCCC1CC(O)c1ccccc1. The molecule has 2 rings (SSSR count). The Balaban J connectivity index is 2.00. The molecule has 4 atom stereocenters. The predicted molar refractivity (Wildman–Crippen MR) is 86.2 cm³/mol. The molecule has 1 aromatic rings. The third kappa shape index (κ3) is 3.87. The first-order valence-corrected chi connectivity index (χ1v) is 8.26. The monoisotopic (exact) mass is 305 g/mol. The highest BCUT2D eigenvalue weighted by Crippen LogP contribution is 2.28. The van der Waals surface area contributed by atoms with E-state index in [1.165, 1.54) is 0 Å². The molecule has 1 aliphatic rings. The molecule has 22 heavy (non-hydrogen) atoms. The molecule has 1 saturated heterocycles. The second-order valence-corrected chi connectivity index (χ2v) is 6.32. The van der Waals surface area contributed by atoms with Gasteiger partial charge in [0.1, 0.15) is 6.10 Å². The van der Waals surface area contributed by atoms with Gasteiger partial charge in [-0.25, -0.2) is 0 Å². The molecular weight excluding hydrogens is 278 g/mol. The van der Waals surface area contributed by atoms with E-state index < -0.39 is 12.2 Å². The van der Waals surface area contributed by atoms with Crippen LogP contribution >= 0.6 is 0 Å². The average Bonchev–Trinajstić information content (AvgIpc) is 3.01. The number of aliphatic hydroxyl groups is 2. The highest BCUT2D eigenvalue weighted by Gasteiger charge is 2.35. The van der Waals surface area contributed by atoms with Crippen molar-refractivity contribution in [1.82, 2.24) is 4.90 Å². The lowest BCUT2D eigenvalue weighted by Gasteiger charge is -2.30. The molecule has 4 unspecified atom stereocenters. The minimum Gasteiger partial charge on any atom is -0.388 e. The zero-order valence-electron chi connectivity index (χ0n) is 13.5. The van der Waals surface area contributed by atoms with E-state index >= 15 is 0 Å². The van der Waals surface area contributed by atoms with Crippen molar-refractivity contribution in [1.29, 1.82) is 0 Å². The summed E-state index contributed by atoms with van der Waals surface area (Å²) in [5.41, 5.74) is 0.879. The molecule has 1 aromatic carbocycles. The summed E-state index contributed by atoms with van der Waals surface area (Å²) >= 11 is 0. The number of hydrogen-bond acceptors (Lipinski definition) is 3. The summed E-state index contributed by atoms with van der Waals surface area (Å²) in [6.45, 7) is 4.55. The van der Waals surface area contributed by atoms with Crippen molar-refractivity contribution in [3.63, 3.8) is 0 Å². The van der Waals surface area contributed by atoms with Crippen LogP contribution in [0.5, 0.6) is 0 Å². The quantitative estimate of drug-likeness (QED) is 0.849. The van der Waals surface area contributed by atoms with Gasteiger partial charge in [-0.05, 0) is 30.7 Å². The maximum atomic E-state index is 12.5. The Hall–Kier alpha value is -1.39. The Morgan fingerprint density at radius 2 is 2.00 bits per heavy atom. The number of carbonyl (C=O) groups excluding carboxylic acids is 1. The van der Waals surface area contributed by atoms with E-state index in [9.17, 15) is 15.0 Å². The highest BCUT2D eigenvalue weighted by atomic mass is 16.3. The van der Waals surface area contributed by atoms with Crippen LogP contribution in [0, 0.1) is 5.92 Å². The van der Waals surface area contributed by atoms with E-state index in [-0.39, 0.29) is 17.9 Å². The zero-order valence-corrected chi connectivity index (χ0v) is 13.5. The number of aliphatic hydroxyl groups excluding tert-OH is 2. The summed E-state index contributed by atoms with van der Waals surface area (Å²) in [4.78, 5) is 14.2. The van der Waals surface area contributed by atoms with Gasteiger partial charge in [0, 0.05) is 12.6 Å². The van der Waals surface area contributed by atoms with Crippen molar-refractivity contribution in [2.45, 2.75) is 57.8 Å². The Kier molecular flexibility index (Phi) is 5.98. The van der Waals surface area contributed by atoms with Gasteiger partial charge >= 0.3 is 0 Å². The molecule has 0 spiro atoms. The smallest absolute Gasteiger partial charge is 0.251 e. The van der Waals surface area contributed by atoms with E-state index in [0.29, 0.717) is 13.0 Å². The van der Waals surface area contributed by atoms with Gasteiger partial charge in [-0.2, -0.15) is 0 Å². The third-order valence-electron chi connectivity index (χ3n) is 4.78. The normalized spacial score (nSPS) is 22.4. The van der Waals surface area contributed by atoms with Gasteiger partial charge < -0.3 is 15.1 Å². The van der Waals surface area contributed by atoms with Crippen LogP contribution in [0.3, 0.4) is 0 Å². The number of carbonyl (C=O) groups is 1. The van der Waals surface area contributed by atoms with Crippen LogP contribution in [0.2, 0.25) is 0 Å². The molecule has 1 aliphatic heterocycles. The molecule has 0 aromatic heterocycles. The number of hydrogen-bond donors (Lipinski definition) is 2. The van der Waals surface area contributed by atoms with Crippen molar-refractivity contribution in [3.8, 4) is 0 Å². The van der Waals surface area contributed by atoms with Gasteiger partial charge in [-0.15, -0.1) is 0 Å². The number of amides is 1. The molecule has 1 amide bonds. The van der Waals surface area contributed by atoms with Crippen molar-refractivity contribution < 1.29 is 15.0 Å². The lowest BCUT2D eigenvalue weighted by molar-refractivity contribution is -0.144. The maximum Gasteiger partial charge on any atom is 0.251 e. The summed E-state index contributed by atoms with van der Waals surface area (Å²) in [6.07, 6.45) is 1.63. The zero-order chi connectivity index (χ0) is 16.1. The van der Waals surface area contributed by atoms with Gasteiger partial charge in [0.05, 0.1) is 6.10 Å². The van der Waals surface area contributed by atoms with Gasteiger partial charge in [-0.1, -0.05) is 50.6 Å². The summed E-state index contributed by atoms with van der Waals surface area (Å²) in [6, 6.07) is 9.55. The van der Waals surface area contributed by atoms with Gasteiger partial charge in [0.15, 0.2) is 0 Å². The molecule has 1 fully saturated rings. The molecule has 1 heterocycles. The standard InChI is InChI=1S/C18H27NO3/c1-3-13(2)17(21)18(22)19-11-7-10-15(19)12-16(20)14-8-5-4-6-9-14/h4-6,8-9,13,15-17,20-21H,3,7,10-12H2,1-2H3. The fourth-order valence-electron chi connectivity index (χ4n) is 3.08. The lowest BCUT2D eigenvalue weighted by Crippen LogP contribution is -2.44. The summed E-state index contributed by atoms with van der Waals surface area (Å²) in [5, 5.41) is 20.5. The summed E-state index contributed by atoms with van der Waals surface area (Å²) < 4.78 is 0. The van der Waals surface area contributed by atoms with E-state index in [2.05, 4.69) is 0 Å². The fraction of sp³-hybridized carbons (Fsp3) is 0.611. The summed E-state index contributed by atoms with van der Waals surface area (Å²) in [7, 11) is 0. The molecule has 0 radical (unpaired) electrons. The molecule has 4 nitrogen and oxygen atoms in total. The topological polar surface area (TPSA) is 60.8 Å². The van der Waals surface area contributed by atoms with Crippen molar-refractivity contribution in [2.24, 2.45) is 5.92 Å². The average molecular weight is 305 g/mol. The van der Waals surface area contributed by atoms with E-state index in [1.54, 1.807) is 4.90 Å². The minimum atomic E-state index is -0.931. The molecule has 4 heteroatoms. The predicted octanol–water partition coefficient (Wildman–Crippen LogP) is 2.51. The van der Waals surface area contributed by atoms with Crippen LogP contribution in [0.1, 0.15) is 51.2 Å². The van der Waals surface area contributed by atoms with Crippen LogP contribution < -0.4 is 0 Å². The van der Waals surface area contributed by atoms with Crippen molar-refractivity contribution in [3.05, 3.63) is 35.9 Å². The second kappa shape index (κ2) is 7.75. The fourth-order valence-corrected chi connectivity index (χ4v) is 3.08. The van der Waals surface area contributed by atoms with Crippen molar-refractivity contribution in [2.75, 3.05) is 6.54 Å². The first kappa shape index (κ1) is 17.0. The number of benzene rings is 1. The Morgan fingerprint density at radius 1 is 1.32 bits per heavy atom. The lowest BCUT2D eigenvalue weighted by atomic mass is 9.98. The van der Waals surface area contributed by atoms with Crippen LogP contribution in [0.15, 0.2) is 30.3 Å². The number of nitrogens with zero attached hydrogens (tertiary/aromatic N) is 1. The van der Waals surface area contributed by atoms with E-state index in [4.69, 9.17) is 0 Å². The summed E-state index contributed by atoms with van der Waals surface area (Å²) in [5.74, 6) is -0.218. The minimum absolute atomic E-state index is 0.0152. The van der Waals surface area contributed by atoms with Crippen LogP contribution in [0.25, 0.3) is 0 Å². The molecular formula is C18H27NO3. The van der Waals surface area contributed by atoms with Gasteiger partial charge in [0.25, 0.3) is 5.91 Å². The van der Waals surface area contributed by atoms with Crippen molar-refractivity contribution >= 4 is 5.91 Å². The number of likely N-dealkylation sites (tertiary alicyclic amines) is 1.